The summed E-state index contributed by atoms with van der Waals surface area (Å²) in [6, 6.07) is 58.5. The minimum Gasteiger partial charge on any atom is -0.439 e. The van der Waals surface area contributed by atoms with Gasteiger partial charge in [-0.1, -0.05) is 130 Å². The molecule has 0 amide bonds. The SMILES string of the molecule is CC(C)(C)c1ccnc(-n2c3ccccc3c3ccc(Oc4cc(Nc5ccccc5Nc5c(-c6ccccc6)cccc5-c5ccccc5)ccn4)cc32)c1. The first-order chi connectivity index (χ1) is 27.4. The van der Waals surface area contributed by atoms with E-state index >= 15 is 0 Å². The molecule has 0 radical (unpaired) electrons. The molecule has 3 aromatic heterocycles. The van der Waals surface area contributed by atoms with E-state index in [2.05, 4.69) is 168 Å². The number of nitrogens with zero attached hydrogens (tertiary/aromatic N) is 3. The Bertz CT molecular complexity index is 2760. The van der Waals surface area contributed by atoms with Crippen LogP contribution in [0.2, 0.25) is 0 Å². The van der Waals surface area contributed by atoms with Gasteiger partial charge in [-0.05, 0) is 70.6 Å². The van der Waals surface area contributed by atoms with Crippen LogP contribution in [0.4, 0.5) is 22.7 Å². The van der Waals surface area contributed by atoms with Crippen molar-refractivity contribution >= 4 is 44.6 Å². The smallest absolute Gasteiger partial charge is 0.221 e. The van der Waals surface area contributed by atoms with Crippen LogP contribution in [0.5, 0.6) is 11.6 Å². The van der Waals surface area contributed by atoms with Crippen LogP contribution in [0.25, 0.3) is 49.9 Å². The number of benzene rings is 6. The van der Waals surface area contributed by atoms with Crippen molar-refractivity contribution in [3.63, 3.8) is 0 Å². The van der Waals surface area contributed by atoms with E-state index in [0.717, 1.165) is 72.6 Å². The van der Waals surface area contributed by atoms with Crippen LogP contribution in [-0.4, -0.2) is 14.5 Å². The first-order valence-electron chi connectivity index (χ1n) is 18.9. The van der Waals surface area contributed by atoms with Crippen molar-refractivity contribution < 1.29 is 4.74 Å². The minimum absolute atomic E-state index is 0.0101. The summed E-state index contributed by atoms with van der Waals surface area (Å²) in [7, 11) is 0. The summed E-state index contributed by atoms with van der Waals surface area (Å²) >= 11 is 0. The van der Waals surface area contributed by atoms with Crippen LogP contribution in [0, 0.1) is 0 Å². The second kappa shape index (κ2) is 14.6. The first-order valence-corrected chi connectivity index (χ1v) is 18.9. The molecule has 56 heavy (non-hydrogen) atoms. The van der Waals surface area contributed by atoms with Gasteiger partial charge in [-0.25, -0.2) is 9.97 Å². The van der Waals surface area contributed by atoms with Crippen molar-refractivity contribution in [1.29, 1.82) is 0 Å². The van der Waals surface area contributed by atoms with E-state index < -0.39 is 0 Å². The van der Waals surface area contributed by atoms with Gasteiger partial charge >= 0.3 is 0 Å². The summed E-state index contributed by atoms with van der Waals surface area (Å²) in [4.78, 5) is 9.43. The topological polar surface area (TPSA) is 64.0 Å². The fourth-order valence-electron chi connectivity index (χ4n) is 7.33. The predicted octanol–water partition coefficient (Wildman–Crippen LogP) is 13.5. The van der Waals surface area contributed by atoms with Gasteiger partial charge in [-0.3, -0.25) is 4.57 Å². The van der Waals surface area contributed by atoms with Gasteiger partial charge in [0.2, 0.25) is 5.88 Å². The number of fused-ring (bicyclic) bond motifs is 3. The second-order valence-electron chi connectivity index (χ2n) is 14.9. The van der Waals surface area contributed by atoms with E-state index in [-0.39, 0.29) is 5.41 Å². The Labute approximate surface area is 327 Å². The minimum atomic E-state index is -0.0101. The lowest BCUT2D eigenvalue weighted by Gasteiger charge is -2.20. The third kappa shape index (κ3) is 6.85. The van der Waals surface area contributed by atoms with Gasteiger partial charge in [0, 0.05) is 52.1 Å². The highest BCUT2D eigenvalue weighted by Gasteiger charge is 2.19. The molecule has 9 rings (SSSR count). The van der Waals surface area contributed by atoms with Crippen LogP contribution in [0.3, 0.4) is 0 Å². The summed E-state index contributed by atoms with van der Waals surface area (Å²) in [6.07, 6.45) is 3.67. The Balaban J connectivity index is 1.04. The van der Waals surface area contributed by atoms with Gasteiger partial charge in [-0.15, -0.1) is 0 Å². The molecule has 6 nitrogen and oxygen atoms in total. The van der Waals surface area contributed by atoms with Crippen molar-refractivity contribution in [1.82, 2.24) is 14.5 Å². The van der Waals surface area contributed by atoms with Crippen molar-refractivity contribution in [2.75, 3.05) is 10.6 Å². The highest BCUT2D eigenvalue weighted by atomic mass is 16.5. The average Bonchev–Trinajstić information content (AvgIpc) is 3.56. The maximum absolute atomic E-state index is 6.48. The Hall–Kier alpha value is -7.18. The molecule has 0 unspecified atom stereocenters. The lowest BCUT2D eigenvalue weighted by Crippen LogP contribution is -2.12. The van der Waals surface area contributed by atoms with Crippen LogP contribution < -0.4 is 15.4 Å². The number of ether oxygens (including phenoxy) is 1. The summed E-state index contributed by atoms with van der Waals surface area (Å²) in [5.41, 5.74) is 11.6. The standard InChI is InChI=1S/C50H41N5O/c1-50(2,3)36-27-29-51-47(31-36)55-45-24-13-10-19-41(45)42-26-25-38(33-46(42)55)56-48-32-37(28-30-52-48)53-43-22-11-12-23-44(43)54-49-39(34-15-6-4-7-16-34)20-14-21-40(49)35-17-8-5-9-18-35/h4-33,54H,1-3H3,(H,52,53). The van der Waals surface area contributed by atoms with Gasteiger partial charge in [-0.2, -0.15) is 0 Å². The molecule has 6 aromatic carbocycles. The van der Waals surface area contributed by atoms with Gasteiger partial charge in [0.15, 0.2) is 0 Å². The van der Waals surface area contributed by atoms with Gasteiger partial charge in [0.1, 0.15) is 11.6 Å². The molecule has 0 aliphatic rings. The molecular formula is C50H41N5O. The maximum Gasteiger partial charge on any atom is 0.221 e. The second-order valence-corrected chi connectivity index (χ2v) is 14.9. The van der Waals surface area contributed by atoms with Gasteiger partial charge in [0.25, 0.3) is 0 Å². The van der Waals surface area contributed by atoms with Crippen LogP contribution in [0.1, 0.15) is 26.3 Å². The van der Waals surface area contributed by atoms with E-state index in [1.54, 1.807) is 6.20 Å². The average molecular weight is 728 g/mol. The summed E-state index contributed by atoms with van der Waals surface area (Å²) in [5.74, 6) is 2.04. The molecule has 9 aromatic rings. The van der Waals surface area contributed by atoms with Crippen LogP contribution in [-0.2, 0) is 5.41 Å². The summed E-state index contributed by atoms with van der Waals surface area (Å²) in [5, 5.41) is 9.76. The first kappa shape index (κ1) is 34.6. The number of hydrogen-bond donors (Lipinski definition) is 2. The van der Waals surface area contributed by atoms with E-state index in [1.807, 2.05) is 48.7 Å². The number of para-hydroxylation sites is 4. The highest BCUT2D eigenvalue weighted by Crippen LogP contribution is 2.41. The van der Waals surface area contributed by atoms with E-state index in [4.69, 9.17) is 9.72 Å². The molecule has 0 saturated carbocycles. The quantitative estimate of drug-likeness (QED) is 0.155. The molecule has 0 aliphatic heterocycles. The van der Waals surface area contributed by atoms with Crippen LogP contribution >= 0.6 is 0 Å². The molecule has 6 heteroatoms. The fourth-order valence-corrected chi connectivity index (χ4v) is 7.33. The zero-order chi connectivity index (χ0) is 38.1. The zero-order valence-corrected chi connectivity index (χ0v) is 31.6. The molecule has 0 bridgehead atoms. The van der Waals surface area contributed by atoms with Crippen molar-refractivity contribution in [2.24, 2.45) is 0 Å². The molecular weight excluding hydrogens is 687 g/mol. The lowest BCUT2D eigenvalue weighted by atomic mass is 9.88. The zero-order valence-electron chi connectivity index (χ0n) is 31.6. The number of rotatable bonds is 9. The number of nitrogens with one attached hydrogen (secondary N) is 2. The fraction of sp³-hybridized carbons (Fsp3) is 0.0800. The monoisotopic (exact) mass is 727 g/mol. The number of aromatic nitrogens is 3. The van der Waals surface area contributed by atoms with E-state index in [9.17, 15) is 0 Å². The summed E-state index contributed by atoms with van der Waals surface area (Å²) < 4.78 is 8.71. The molecule has 3 heterocycles. The van der Waals surface area contributed by atoms with Crippen LogP contribution in [0.15, 0.2) is 182 Å². The molecule has 0 saturated heterocycles. The van der Waals surface area contributed by atoms with Crippen molar-refractivity contribution in [2.45, 2.75) is 26.2 Å². The molecule has 272 valence electrons. The third-order valence-corrected chi connectivity index (χ3v) is 10.1. The highest BCUT2D eigenvalue weighted by molar-refractivity contribution is 6.09. The summed E-state index contributed by atoms with van der Waals surface area (Å²) in [6.45, 7) is 6.67. The molecule has 0 atom stereocenters. The predicted molar refractivity (Wildman–Crippen MR) is 232 cm³/mol. The third-order valence-electron chi connectivity index (χ3n) is 10.1. The normalized spacial score (nSPS) is 11.5. The van der Waals surface area contributed by atoms with Gasteiger partial charge < -0.3 is 15.4 Å². The number of pyridine rings is 2. The molecule has 0 fully saturated rings. The number of hydrogen-bond acceptors (Lipinski definition) is 5. The Morgan fingerprint density at radius 1 is 0.518 bits per heavy atom. The van der Waals surface area contributed by atoms with Gasteiger partial charge in [0.05, 0.1) is 28.1 Å². The lowest BCUT2D eigenvalue weighted by molar-refractivity contribution is 0.464. The molecule has 0 spiro atoms. The van der Waals surface area contributed by atoms with Crippen molar-refractivity contribution in [3.05, 3.63) is 188 Å². The molecule has 2 N–H and O–H groups in total. The molecule has 0 aliphatic carbocycles. The maximum atomic E-state index is 6.48. The number of anilines is 4. The van der Waals surface area contributed by atoms with E-state index in [0.29, 0.717) is 11.6 Å². The Morgan fingerprint density at radius 3 is 1.86 bits per heavy atom. The van der Waals surface area contributed by atoms with Crippen molar-refractivity contribution in [3.8, 4) is 39.7 Å². The Kier molecular flexibility index (Phi) is 9.00. The van der Waals surface area contributed by atoms with E-state index in [1.165, 1.54) is 5.56 Å². The largest absolute Gasteiger partial charge is 0.439 e. The Morgan fingerprint density at radius 2 is 1.14 bits per heavy atom.